The van der Waals surface area contributed by atoms with Gasteiger partial charge in [0.15, 0.2) is 0 Å². The van der Waals surface area contributed by atoms with Crippen molar-refractivity contribution < 1.29 is 13.6 Å². The summed E-state index contributed by atoms with van der Waals surface area (Å²) in [7, 11) is -0.231. The molecule has 0 unspecified atom stereocenters. The quantitative estimate of drug-likeness (QED) is 0.637. The lowest BCUT2D eigenvalue weighted by Crippen LogP contribution is -2.19. The van der Waals surface area contributed by atoms with E-state index in [4.69, 9.17) is 4.74 Å². The first-order valence-corrected chi connectivity index (χ1v) is 10.9. The van der Waals surface area contributed by atoms with Gasteiger partial charge in [0.2, 0.25) is 0 Å². The first-order valence-electron chi connectivity index (χ1n) is 9.01. The molecule has 3 aromatic rings. The summed E-state index contributed by atoms with van der Waals surface area (Å²) in [6.07, 6.45) is 4.04. The summed E-state index contributed by atoms with van der Waals surface area (Å²) in [5.41, 5.74) is 1.25. The van der Waals surface area contributed by atoms with Crippen LogP contribution in [0.4, 0.5) is 4.39 Å². The highest BCUT2D eigenvalue weighted by molar-refractivity contribution is 6.58. The van der Waals surface area contributed by atoms with Crippen LogP contribution in [-0.2, 0) is 11.5 Å². The molecule has 0 amide bonds. The summed E-state index contributed by atoms with van der Waals surface area (Å²) in [6, 6.07) is 9.66. The maximum atomic E-state index is 13.9. The third-order valence-corrected chi connectivity index (χ3v) is 6.12. The molecule has 27 heavy (non-hydrogen) atoms. The Labute approximate surface area is 157 Å². The van der Waals surface area contributed by atoms with Crippen molar-refractivity contribution >= 4 is 24.6 Å². The van der Waals surface area contributed by atoms with Crippen LogP contribution in [0.25, 0.3) is 21.9 Å². The second-order valence-electron chi connectivity index (χ2n) is 7.17. The molecule has 0 saturated heterocycles. The Kier molecular flexibility index (Phi) is 4.51. The molecule has 0 bridgehead atoms. The maximum Gasteiger partial charge on any atom is 0.308 e. The Bertz CT molecular complexity index is 1120. The van der Waals surface area contributed by atoms with Crippen LogP contribution in [0.2, 0.25) is 6.55 Å². The third-order valence-electron chi connectivity index (χ3n) is 4.99. The van der Waals surface area contributed by atoms with Crippen molar-refractivity contribution in [2.75, 3.05) is 6.61 Å². The molecule has 1 fully saturated rings. The number of nitrogens with zero attached hydrogens (tertiary/aromatic N) is 1. The predicted molar refractivity (Wildman–Crippen MR) is 105 cm³/mol. The second kappa shape index (κ2) is 6.85. The molecule has 0 radical (unpaired) electrons. The lowest BCUT2D eigenvalue weighted by Gasteiger charge is -2.15. The average molecular weight is 381 g/mol. The lowest BCUT2D eigenvalue weighted by molar-refractivity contribution is 0.301. The summed E-state index contributed by atoms with van der Waals surface area (Å²) in [5, 5.41) is 1.70. The van der Waals surface area contributed by atoms with Crippen molar-refractivity contribution in [2.45, 2.75) is 19.4 Å². The molecule has 4 nitrogen and oxygen atoms in total. The number of hydrogen-bond donors (Lipinski definition) is 0. The number of benzene rings is 2. The smallest absolute Gasteiger partial charge is 0.308 e. The van der Waals surface area contributed by atoms with E-state index in [-0.39, 0.29) is 5.56 Å². The molecule has 2 aromatic carbocycles. The van der Waals surface area contributed by atoms with Crippen molar-refractivity contribution in [1.82, 2.24) is 4.57 Å². The van der Waals surface area contributed by atoms with Gasteiger partial charge in [-0.1, -0.05) is 6.07 Å². The molecule has 4 rings (SSSR count). The Hall–Kier alpha value is -2.60. The van der Waals surface area contributed by atoms with Gasteiger partial charge in [-0.2, -0.15) is 0 Å². The van der Waals surface area contributed by atoms with Crippen molar-refractivity contribution in [2.24, 2.45) is 13.0 Å². The zero-order valence-corrected chi connectivity index (χ0v) is 16.3. The molecular weight excluding hydrogens is 361 g/mol. The summed E-state index contributed by atoms with van der Waals surface area (Å²) in [5.74, 6) is 0.841. The van der Waals surface area contributed by atoms with Gasteiger partial charge in [0.05, 0.1) is 6.61 Å². The van der Waals surface area contributed by atoms with Gasteiger partial charge in [-0.3, -0.25) is 4.79 Å². The largest absolute Gasteiger partial charge is 0.493 e. The Morgan fingerprint density at radius 1 is 1.15 bits per heavy atom. The van der Waals surface area contributed by atoms with Gasteiger partial charge in [0.1, 0.15) is 11.6 Å². The van der Waals surface area contributed by atoms with Crippen LogP contribution in [0.3, 0.4) is 0 Å². The van der Waals surface area contributed by atoms with Gasteiger partial charge < -0.3 is 13.8 Å². The molecule has 6 heteroatoms. The van der Waals surface area contributed by atoms with Crippen LogP contribution in [0.15, 0.2) is 47.4 Å². The lowest BCUT2D eigenvalue weighted by atomic mass is 9.99. The number of rotatable bonds is 5. The van der Waals surface area contributed by atoms with Crippen LogP contribution in [-0.4, -0.2) is 19.9 Å². The zero-order valence-electron chi connectivity index (χ0n) is 15.3. The van der Waals surface area contributed by atoms with Crippen LogP contribution in [0.1, 0.15) is 12.8 Å². The maximum absolute atomic E-state index is 13.9. The van der Waals surface area contributed by atoms with E-state index in [0.717, 1.165) is 10.8 Å². The zero-order chi connectivity index (χ0) is 19.1. The van der Waals surface area contributed by atoms with E-state index in [1.165, 1.54) is 35.6 Å². The number of aryl methyl sites for hydroxylation is 1. The molecule has 1 aromatic heterocycles. The normalized spacial score (nSPS) is 13.7. The van der Waals surface area contributed by atoms with Gasteiger partial charge >= 0.3 is 8.68 Å². The molecule has 1 heterocycles. The molecular formula is C21H20FNO3Si. The van der Waals surface area contributed by atoms with E-state index in [1.54, 1.807) is 19.8 Å². The molecule has 138 valence electrons. The van der Waals surface area contributed by atoms with Crippen molar-refractivity contribution in [3.05, 3.63) is 58.8 Å². The Morgan fingerprint density at radius 2 is 1.93 bits per heavy atom. The number of ether oxygens (including phenoxy) is 1. The van der Waals surface area contributed by atoms with E-state index in [2.05, 4.69) is 0 Å². The summed E-state index contributed by atoms with van der Waals surface area (Å²) in [4.78, 5) is 12.5. The van der Waals surface area contributed by atoms with Crippen LogP contribution < -0.4 is 15.5 Å². The number of fused-ring (bicyclic) bond motifs is 1. The molecule has 1 saturated carbocycles. The number of aromatic nitrogens is 1. The number of hydrogen-bond acceptors (Lipinski definition) is 3. The molecule has 1 aliphatic carbocycles. The minimum atomic E-state index is -1.90. The van der Waals surface area contributed by atoms with Crippen molar-refractivity contribution in [3.63, 3.8) is 0 Å². The van der Waals surface area contributed by atoms with E-state index in [0.29, 0.717) is 34.6 Å². The fourth-order valence-corrected chi connectivity index (χ4v) is 3.90. The fourth-order valence-electron chi connectivity index (χ4n) is 3.23. The molecule has 0 spiro atoms. The highest BCUT2D eigenvalue weighted by atomic mass is 28.3. The summed E-state index contributed by atoms with van der Waals surface area (Å²) >= 11 is 0. The van der Waals surface area contributed by atoms with Crippen LogP contribution in [0, 0.1) is 11.7 Å². The number of halogens is 1. The van der Waals surface area contributed by atoms with Gasteiger partial charge in [0.25, 0.3) is 5.56 Å². The fraction of sp³-hybridized carbons (Fsp3) is 0.286. The third kappa shape index (κ3) is 3.49. The average Bonchev–Trinajstić information content (AvgIpc) is 3.47. The van der Waals surface area contributed by atoms with Crippen LogP contribution >= 0.6 is 0 Å². The monoisotopic (exact) mass is 381 g/mol. The molecule has 1 aliphatic rings. The van der Waals surface area contributed by atoms with Crippen molar-refractivity contribution in [1.29, 1.82) is 0 Å². The second-order valence-corrected chi connectivity index (χ2v) is 8.86. The Morgan fingerprint density at radius 3 is 2.63 bits per heavy atom. The minimum Gasteiger partial charge on any atom is -0.493 e. The highest BCUT2D eigenvalue weighted by Crippen LogP contribution is 2.36. The van der Waals surface area contributed by atoms with Gasteiger partial charge in [-0.15, -0.1) is 0 Å². The van der Waals surface area contributed by atoms with Gasteiger partial charge in [0, 0.05) is 29.8 Å². The molecule has 0 N–H and O–H groups in total. The summed E-state index contributed by atoms with van der Waals surface area (Å²) in [6.45, 7) is 2.32. The minimum absolute atomic E-state index is 0.186. The van der Waals surface area contributed by atoms with Gasteiger partial charge in [-0.05, 0) is 66.2 Å². The Balaban J connectivity index is 1.96. The van der Waals surface area contributed by atoms with Gasteiger partial charge in [-0.25, -0.2) is 4.39 Å². The van der Waals surface area contributed by atoms with E-state index < -0.39 is 14.5 Å². The predicted octanol–water partition coefficient (Wildman–Crippen LogP) is 3.39. The highest BCUT2D eigenvalue weighted by Gasteiger charge is 2.23. The first-order chi connectivity index (χ1) is 12.9. The summed E-state index contributed by atoms with van der Waals surface area (Å²) < 4.78 is 33.5. The van der Waals surface area contributed by atoms with E-state index in [9.17, 15) is 13.6 Å². The van der Waals surface area contributed by atoms with Crippen LogP contribution in [0.5, 0.6) is 5.75 Å². The SMILES string of the molecule is Cn1cc(-c2cc([Si](C)=O)ccc2OCC2CC2)c2cc(F)ccc2c1=O. The van der Waals surface area contributed by atoms with E-state index >= 15 is 0 Å². The molecule has 0 atom stereocenters. The van der Waals surface area contributed by atoms with E-state index in [1.807, 2.05) is 18.2 Å². The number of pyridine rings is 1. The first kappa shape index (κ1) is 17.8. The standard InChI is InChI=1S/C21H20FNO3Si/c1-23-11-19(17-9-14(22)5-7-16(17)21(23)24)18-10-15(27(2)25)6-8-20(18)26-12-13-3-4-13/h5-11,13H,3-4,12H2,1-2H3. The topological polar surface area (TPSA) is 48.3 Å². The molecule has 0 aliphatic heterocycles. The van der Waals surface area contributed by atoms with Crippen molar-refractivity contribution in [3.8, 4) is 16.9 Å².